The summed E-state index contributed by atoms with van der Waals surface area (Å²) in [6.07, 6.45) is 3.63. The van der Waals surface area contributed by atoms with Gasteiger partial charge >= 0.3 is 0 Å². The van der Waals surface area contributed by atoms with Crippen LogP contribution in [-0.2, 0) is 14.4 Å². The Bertz CT molecular complexity index is 1080. The van der Waals surface area contributed by atoms with Gasteiger partial charge in [0.2, 0.25) is 12.3 Å². The van der Waals surface area contributed by atoms with E-state index in [0.717, 1.165) is 17.1 Å². The number of halogens is 1. The van der Waals surface area contributed by atoms with E-state index in [1.807, 2.05) is 24.8 Å². The number of nitrogens with two attached hydrogens (primary N) is 1. The summed E-state index contributed by atoms with van der Waals surface area (Å²) < 4.78 is 13.3. The largest absolute Gasteiger partial charge is 0.368 e. The number of hydrogen-bond donors (Lipinski definition) is 2. The van der Waals surface area contributed by atoms with Crippen LogP contribution in [0.4, 0.5) is 10.1 Å². The summed E-state index contributed by atoms with van der Waals surface area (Å²) >= 11 is 0. The molecule has 3 rings (SSSR count). The maximum Gasteiger partial charge on any atom is 0.256 e. The van der Waals surface area contributed by atoms with Crippen molar-refractivity contribution in [3.05, 3.63) is 72.0 Å². The maximum atomic E-state index is 13.7. The van der Waals surface area contributed by atoms with Crippen LogP contribution in [0.25, 0.3) is 5.57 Å². The molecule has 0 saturated carbocycles. The smallest absolute Gasteiger partial charge is 0.256 e. The zero-order valence-electron chi connectivity index (χ0n) is 18.8. The molecule has 2 aromatic rings. The lowest BCUT2D eigenvalue weighted by Crippen LogP contribution is -2.60. The van der Waals surface area contributed by atoms with E-state index in [-0.39, 0.29) is 31.0 Å². The normalized spacial score (nSPS) is 16.5. The van der Waals surface area contributed by atoms with Gasteiger partial charge < -0.3 is 25.4 Å². The molecule has 0 spiro atoms. The molecule has 9 heteroatoms. The predicted octanol–water partition coefficient (Wildman–Crippen LogP) is 1.96. The number of anilines is 1. The Balaban J connectivity index is 1.95. The molecule has 1 fully saturated rings. The molecule has 0 aliphatic carbocycles. The van der Waals surface area contributed by atoms with Crippen LogP contribution in [0.5, 0.6) is 0 Å². The number of amides is 3. The summed E-state index contributed by atoms with van der Waals surface area (Å²) in [7, 11) is 0. The van der Waals surface area contributed by atoms with E-state index in [4.69, 9.17) is 5.73 Å². The van der Waals surface area contributed by atoms with Gasteiger partial charge in [0.1, 0.15) is 11.9 Å². The van der Waals surface area contributed by atoms with E-state index in [1.54, 1.807) is 18.2 Å². The Morgan fingerprint density at radius 2 is 1.97 bits per heavy atom. The van der Waals surface area contributed by atoms with Crippen LogP contribution in [0.3, 0.4) is 0 Å². The molecule has 1 saturated heterocycles. The Kier molecular flexibility index (Phi) is 7.32. The highest BCUT2D eigenvalue weighted by Crippen LogP contribution is 2.26. The maximum absolute atomic E-state index is 13.7. The molecular weight excluding hydrogens is 425 g/mol. The molecular formula is C24H28FN5O3. The zero-order valence-corrected chi connectivity index (χ0v) is 18.8. The van der Waals surface area contributed by atoms with Gasteiger partial charge in [0.25, 0.3) is 5.91 Å². The van der Waals surface area contributed by atoms with Crippen LogP contribution >= 0.6 is 0 Å². The first-order chi connectivity index (χ1) is 15.7. The molecule has 1 aliphatic heterocycles. The molecule has 33 heavy (non-hydrogen) atoms. The standard InChI is InChI=1S/C24H28FN5O3/c1-4-9-28(15-31)13-21(20-12-16(2)27-17(20)3)24(33)30-11-10-29(14-22(30)23(26)32)19-7-5-18(25)6-8-19/h4-8,12-13,15,22,27H,1,9-11,14H2,2-3H3,(H2,26,32)/b21-13+. The first-order valence-electron chi connectivity index (χ1n) is 10.6. The van der Waals surface area contributed by atoms with Crippen molar-refractivity contribution in [3.63, 3.8) is 0 Å². The van der Waals surface area contributed by atoms with Gasteiger partial charge in [0.15, 0.2) is 0 Å². The number of carbonyl (C=O) groups excluding carboxylic acids is 3. The topological polar surface area (TPSA) is 103 Å². The SMILES string of the molecule is C=CCN(C=O)/C=C(/C(=O)N1CCN(c2ccc(F)cc2)CC1C(N)=O)c1cc(C)[nH]c1C. The van der Waals surface area contributed by atoms with Crippen molar-refractivity contribution < 1.29 is 18.8 Å². The molecule has 0 bridgehead atoms. The molecule has 1 atom stereocenters. The monoisotopic (exact) mass is 453 g/mol. The van der Waals surface area contributed by atoms with Gasteiger partial charge in [-0.1, -0.05) is 6.08 Å². The number of carbonyl (C=O) groups is 3. The number of aromatic amines is 1. The fraction of sp³-hybridized carbons (Fsp3) is 0.292. The molecule has 1 aromatic carbocycles. The molecule has 2 heterocycles. The lowest BCUT2D eigenvalue weighted by atomic mass is 10.0. The summed E-state index contributed by atoms with van der Waals surface area (Å²) in [5.74, 6) is -1.41. The van der Waals surface area contributed by atoms with Crippen LogP contribution in [0.1, 0.15) is 17.0 Å². The highest BCUT2D eigenvalue weighted by atomic mass is 19.1. The molecule has 1 aliphatic rings. The van der Waals surface area contributed by atoms with E-state index < -0.39 is 17.9 Å². The molecule has 174 valence electrons. The lowest BCUT2D eigenvalue weighted by molar-refractivity contribution is -0.135. The number of nitrogens with zero attached hydrogens (tertiary/aromatic N) is 3. The van der Waals surface area contributed by atoms with E-state index in [1.165, 1.54) is 28.1 Å². The van der Waals surface area contributed by atoms with Crippen molar-refractivity contribution in [2.45, 2.75) is 19.9 Å². The highest BCUT2D eigenvalue weighted by molar-refractivity contribution is 6.20. The lowest BCUT2D eigenvalue weighted by Gasteiger charge is -2.41. The van der Waals surface area contributed by atoms with Crippen LogP contribution in [0.2, 0.25) is 0 Å². The number of benzene rings is 1. The van der Waals surface area contributed by atoms with Gasteiger partial charge in [0, 0.05) is 55.0 Å². The first-order valence-corrected chi connectivity index (χ1v) is 10.6. The Morgan fingerprint density at radius 3 is 2.52 bits per heavy atom. The van der Waals surface area contributed by atoms with Crippen molar-refractivity contribution in [2.75, 3.05) is 31.1 Å². The third-order valence-corrected chi connectivity index (χ3v) is 5.60. The summed E-state index contributed by atoms with van der Waals surface area (Å²) in [5, 5.41) is 0. The Morgan fingerprint density at radius 1 is 1.27 bits per heavy atom. The summed E-state index contributed by atoms with van der Waals surface area (Å²) in [6, 6.07) is 6.86. The minimum atomic E-state index is -0.899. The number of nitrogens with one attached hydrogen (secondary N) is 1. The van der Waals surface area contributed by atoms with Crippen LogP contribution in [-0.4, -0.2) is 65.2 Å². The second kappa shape index (κ2) is 10.2. The second-order valence-electron chi connectivity index (χ2n) is 7.96. The summed E-state index contributed by atoms with van der Waals surface area (Å²) in [5.41, 5.74) is 8.94. The van der Waals surface area contributed by atoms with E-state index in [9.17, 15) is 18.8 Å². The number of rotatable bonds is 8. The van der Waals surface area contributed by atoms with Crippen molar-refractivity contribution in [1.82, 2.24) is 14.8 Å². The summed E-state index contributed by atoms with van der Waals surface area (Å²) in [6.45, 7) is 8.40. The Labute approximate surface area is 192 Å². The number of hydrogen-bond acceptors (Lipinski definition) is 4. The molecule has 3 amide bonds. The number of primary amides is 1. The van der Waals surface area contributed by atoms with Crippen LogP contribution in [0, 0.1) is 19.7 Å². The number of aromatic nitrogens is 1. The third-order valence-electron chi connectivity index (χ3n) is 5.60. The van der Waals surface area contributed by atoms with E-state index in [2.05, 4.69) is 11.6 Å². The average Bonchev–Trinajstić information content (AvgIpc) is 3.13. The third kappa shape index (κ3) is 5.31. The molecule has 1 aromatic heterocycles. The van der Waals surface area contributed by atoms with Gasteiger partial charge in [-0.2, -0.15) is 0 Å². The molecule has 0 radical (unpaired) electrons. The highest BCUT2D eigenvalue weighted by Gasteiger charge is 2.36. The summed E-state index contributed by atoms with van der Waals surface area (Å²) in [4.78, 5) is 45.4. The van der Waals surface area contributed by atoms with Gasteiger partial charge in [0.05, 0.1) is 5.57 Å². The van der Waals surface area contributed by atoms with Crippen molar-refractivity contribution >= 4 is 29.5 Å². The zero-order chi connectivity index (χ0) is 24.1. The predicted molar refractivity (Wildman–Crippen MR) is 125 cm³/mol. The van der Waals surface area contributed by atoms with Gasteiger partial charge in [-0.15, -0.1) is 6.58 Å². The fourth-order valence-electron chi connectivity index (χ4n) is 4.00. The van der Waals surface area contributed by atoms with Gasteiger partial charge in [-0.05, 0) is 44.2 Å². The second-order valence-corrected chi connectivity index (χ2v) is 7.96. The molecule has 3 N–H and O–H groups in total. The average molecular weight is 454 g/mol. The number of H-pyrrole nitrogens is 1. The van der Waals surface area contributed by atoms with Gasteiger partial charge in [-0.3, -0.25) is 14.4 Å². The minimum Gasteiger partial charge on any atom is -0.368 e. The van der Waals surface area contributed by atoms with Crippen LogP contribution < -0.4 is 10.6 Å². The van der Waals surface area contributed by atoms with Crippen molar-refractivity contribution in [2.24, 2.45) is 5.73 Å². The van der Waals surface area contributed by atoms with Crippen molar-refractivity contribution in [3.8, 4) is 0 Å². The molecule has 1 unspecified atom stereocenters. The molecule has 8 nitrogen and oxygen atoms in total. The van der Waals surface area contributed by atoms with E-state index >= 15 is 0 Å². The minimum absolute atomic E-state index is 0.176. The van der Waals surface area contributed by atoms with Crippen molar-refractivity contribution in [1.29, 1.82) is 0 Å². The Hall–Kier alpha value is -3.88. The first kappa shape index (κ1) is 23.8. The van der Waals surface area contributed by atoms with Gasteiger partial charge in [-0.25, -0.2) is 4.39 Å². The van der Waals surface area contributed by atoms with Crippen LogP contribution in [0.15, 0.2) is 49.2 Å². The fourth-order valence-corrected chi connectivity index (χ4v) is 4.00. The number of aryl methyl sites for hydroxylation is 2. The number of piperazine rings is 1. The van der Waals surface area contributed by atoms with E-state index in [0.29, 0.717) is 18.5 Å². The quantitative estimate of drug-likeness (QED) is 0.362.